The molecule has 0 spiro atoms. The standard InChI is InChI=1S/C12H10BrN3O3S/c1-20(18,19)9-4-2-8(3-5-9)12(17)16-11-7-14-10(13)6-15-11/h2-7H,1H3,(H,15,16,17). The van der Waals surface area contributed by atoms with Crippen LogP contribution in [0.4, 0.5) is 5.82 Å². The Morgan fingerprint density at radius 3 is 2.30 bits per heavy atom. The number of nitrogens with one attached hydrogen (secondary N) is 1. The van der Waals surface area contributed by atoms with Gasteiger partial charge in [0.05, 0.1) is 17.3 Å². The molecule has 8 heteroatoms. The van der Waals surface area contributed by atoms with E-state index in [0.717, 1.165) is 6.26 Å². The molecule has 1 aromatic heterocycles. The van der Waals surface area contributed by atoms with Crippen LogP contribution in [0.15, 0.2) is 46.2 Å². The molecule has 0 saturated carbocycles. The van der Waals surface area contributed by atoms with Crippen molar-refractivity contribution in [3.8, 4) is 0 Å². The minimum atomic E-state index is -3.27. The van der Waals surface area contributed by atoms with E-state index >= 15 is 0 Å². The molecule has 0 bridgehead atoms. The van der Waals surface area contributed by atoms with E-state index in [-0.39, 0.29) is 10.8 Å². The van der Waals surface area contributed by atoms with Gasteiger partial charge in [-0.15, -0.1) is 0 Å². The average molecular weight is 356 g/mol. The zero-order chi connectivity index (χ0) is 14.8. The number of nitrogens with zero attached hydrogens (tertiary/aromatic N) is 2. The highest BCUT2D eigenvalue weighted by molar-refractivity contribution is 9.10. The van der Waals surface area contributed by atoms with E-state index in [0.29, 0.717) is 16.0 Å². The lowest BCUT2D eigenvalue weighted by Crippen LogP contribution is -2.13. The SMILES string of the molecule is CS(=O)(=O)c1ccc(C(=O)Nc2cnc(Br)cn2)cc1. The fourth-order valence-corrected chi connectivity index (χ4v) is 2.25. The maximum atomic E-state index is 11.9. The number of aromatic nitrogens is 2. The van der Waals surface area contributed by atoms with Crippen molar-refractivity contribution < 1.29 is 13.2 Å². The molecule has 0 saturated heterocycles. The first-order chi connectivity index (χ1) is 9.36. The number of anilines is 1. The summed E-state index contributed by atoms with van der Waals surface area (Å²) in [5.41, 5.74) is 0.335. The molecule has 6 nitrogen and oxygen atoms in total. The monoisotopic (exact) mass is 355 g/mol. The van der Waals surface area contributed by atoms with Crippen LogP contribution in [0, 0.1) is 0 Å². The van der Waals surface area contributed by atoms with Gasteiger partial charge in [0.1, 0.15) is 4.60 Å². The van der Waals surface area contributed by atoms with Gasteiger partial charge in [-0.3, -0.25) is 4.79 Å². The van der Waals surface area contributed by atoms with Crippen LogP contribution in [0.2, 0.25) is 0 Å². The summed E-state index contributed by atoms with van der Waals surface area (Å²) in [6.45, 7) is 0. The number of halogens is 1. The van der Waals surface area contributed by atoms with E-state index < -0.39 is 9.84 Å². The number of hydrogen-bond acceptors (Lipinski definition) is 5. The summed E-state index contributed by atoms with van der Waals surface area (Å²) in [5.74, 6) is -0.0768. The van der Waals surface area contributed by atoms with Gasteiger partial charge in [0.15, 0.2) is 15.7 Å². The summed E-state index contributed by atoms with van der Waals surface area (Å²) in [6, 6.07) is 5.66. The number of hydrogen-bond donors (Lipinski definition) is 1. The van der Waals surface area contributed by atoms with E-state index in [4.69, 9.17) is 0 Å². The molecular weight excluding hydrogens is 346 g/mol. The van der Waals surface area contributed by atoms with Crippen LogP contribution in [0.25, 0.3) is 0 Å². The number of rotatable bonds is 3. The van der Waals surface area contributed by atoms with Crippen molar-refractivity contribution >= 4 is 37.5 Å². The number of sulfone groups is 1. The lowest BCUT2D eigenvalue weighted by Gasteiger charge is -2.04. The predicted octanol–water partition coefficient (Wildman–Crippen LogP) is 1.89. The maximum absolute atomic E-state index is 11.9. The van der Waals surface area contributed by atoms with Crippen LogP contribution in [0.5, 0.6) is 0 Å². The molecule has 2 aromatic rings. The van der Waals surface area contributed by atoms with Crippen molar-refractivity contribution in [2.24, 2.45) is 0 Å². The first-order valence-electron chi connectivity index (χ1n) is 5.45. The van der Waals surface area contributed by atoms with Crippen molar-refractivity contribution in [2.75, 3.05) is 11.6 Å². The van der Waals surface area contributed by atoms with Crippen LogP contribution >= 0.6 is 15.9 Å². The van der Waals surface area contributed by atoms with Gasteiger partial charge >= 0.3 is 0 Å². The van der Waals surface area contributed by atoms with Gasteiger partial charge in [-0.2, -0.15) is 0 Å². The summed E-state index contributed by atoms with van der Waals surface area (Å²) < 4.78 is 23.2. The fourth-order valence-electron chi connectivity index (χ4n) is 1.42. The molecule has 2 rings (SSSR count). The topological polar surface area (TPSA) is 89.0 Å². The molecule has 0 atom stereocenters. The van der Waals surface area contributed by atoms with Crippen molar-refractivity contribution in [1.29, 1.82) is 0 Å². The number of carbonyl (C=O) groups excluding carboxylic acids is 1. The van der Waals surface area contributed by atoms with Crippen LogP contribution in [-0.2, 0) is 9.84 Å². The van der Waals surface area contributed by atoms with Crippen LogP contribution in [-0.4, -0.2) is 30.5 Å². The molecule has 1 heterocycles. The van der Waals surface area contributed by atoms with Gasteiger partial charge in [0, 0.05) is 11.8 Å². The minimum Gasteiger partial charge on any atom is -0.305 e. The second-order valence-electron chi connectivity index (χ2n) is 3.98. The van der Waals surface area contributed by atoms with Gasteiger partial charge in [-0.1, -0.05) is 0 Å². The van der Waals surface area contributed by atoms with E-state index in [1.807, 2.05) is 0 Å². The molecule has 0 aliphatic heterocycles. The summed E-state index contributed by atoms with van der Waals surface area (Å²) in [7, 11) is -3.27. The van der Waals surface area contributed by atoms with Gasteiger partial charge in [0.25, 0.3) is 5.91 Å². The van der Waals surface area contributed by atoms with Crippen LogP contribution < -0.4 is 5.32 Å². The van der Waals surface area contributed by atoms with Crippen molar-refractivity contribution in [3.05, 3.63) is 46.8 Å². The molecule has 0 aliphatic carbocycles. The Morgan fingerprint density at radius 1 is 1.15 bits per heavy atom. The van der Waals surface area contributed by atoms with Crippen molar-refractivity contribution in [1.82, 2.24) is 9.97 Å². The first kappa shape index (κ1) is 14.6. The Kier molecular flexibility index (Phi) is 4.15. The maximum Gasteiger partial charge on any atom is 0.256 e. The van der Waals surface area contributed by atoms with Crippen LogP contribution in [0.1, 0.15) is 10.4 Å². The minimum absolute atomic E-state index is 0.164. The van der Waals surface area contributed by atoms with E-state index in [1.165, 1.54) is 36.7 Å². The Balaban J connectivity index is 2.15. The molecule has 0 fully saturated rings. The second kappa shape index (κ2) is 5.68. The van der Waals surface area contributed by atoms with E-state index in [2.05, 4.69) is 31.2 Å². The smallest absolute Gasteiger partial charge is 0.256 e. The van der Waals surface area contributed by atoms with E-state index in [1.54, 1.807) is 0 Å². The second-order valence-corrected chi connectivity index (χ2v) is 6.80. The summed E-state index contributed by atoms with van der Waals surface area (Å²) in [5, 5.41) is 2.56. The van der Waals surface area contributed by atoms with Crippen molar-refractivity contribution in [3.63, 3.8) is 0 Å². The number of benzene rings is 1. The summed E-state index contributed by atoms with van der Waals surface area (Å²) in [4.78, 5) is 20.0. The largest absolute Gasteiger partial charge is 0.305 e. The molecular formula is C12H10BrN3O3S. The molecule has 0 aliphatic rings. The molecule has 1 amide bonds. The molecule has 0 radical (unpaired) electrons. The third-order valence-electron chi connectivity index (χ3n) is 2.41. The van der Waals surface area contributed by atoms with Crippen LogP contribution in [0.3, 0.4) is 0 Å². The Bertz CT molecular complexity index is 728. The fraction of sp³-hybridized carbons (Fsp3) is 0.0833. The van der Waals surface area contributed by atoms with E-state index in [9.17, 15) is 13.2 Å². The zero-order valence-electron chi connectivity index (χ0n) is 10.4. The Hall–Kier alpha value is -1.80. The van der Waals surface area contributed by atoms with Crippen molar-refractivity contribution in [2.45, 2.75) is 4.90 Å². The summed E-state index contributed by atoms with van der Waals surface area (Å²) >= 11 is 3.14. The quantitative estimate of drug-likeness (QED) is 0.907. The highest BCUT2D eigenvalue weighted by Crippen LogP contribution is 2.12. The molecule has 1 aromatic carbocycles. The van der Waals surface area contributed by atoms with Gasteiger partial charge in [0.2, 0.25) is 0 Å². The third-order valence-corrected chi connectivity index (χ3v) is 3.94. The zero-order valence-corrected chi connectivity index (χ0v) is 12.8. The molecule has 0 unspecified atom stereocenters. The molecule has 104 valence electrons. The predicted molar refractivity (Wildman–Crippen MR) is 77.2 cm³/mol. The lowest BCUT2D eigenvalue weighted by atomic mass is 10.2. The van der Waals surface area contributed by atoms with Gasteiger partial charge < -0.3 is 5.32 Å². The highest BCUT2D eigenvalue weighted by atomic mass is 79.9. The number of amides is 1. The lowest BCUT2D eigenvalue weighted by molar-refractivity contribution is 0.102. The molecule has 1 N–H and O–H groups in total. The average Bonchev–Trinajstić information content (AvgIpc) is 2.40. The first-order valence-corrected chi connectivity index (χ1v) is 8.14. The molecule has 20 heavy (non-hydrogen) atoms. The third kappa shape index (κ3) is 3.61. The van der Waals surface area contributed by atoms with Gasteiger partial charge in [-0.25, -0.2) is 18.4 Å². The highest BCUT2D eigenvalue weighted by Gasteiger charge is 2.10. The summed E-state index contributed by atoms with van der Waals surface area (Å²) in [6.07, 6.45) is 3.98. The number of carbonyl (C=O) groups is 1. The Morgan fingerprint density at radius 2 is 1.80 bits per heavy atom. The normalized spacial score (nSPS) is 11.1. The van der Waals surface area contributed by atoms with Gasteiger partial charge in [-0.05, 0) is 40.2 Å². The Labute approximate surface area is 124 Å².